The van der Waals surface area contributed by atoms with Crippen molar-refractivity contribution in [1.29, 1.82) is 0 Å². The number of imidazole rings is 1. The molecule has 1 aromatic heterocycles. The van der Waals surface area contributed by atoms with Gasteiger partial charge in [-0.15, -0.1) is 11.8 Å². The summed E-state index contributed by atoms with van der Waals surface area (Å²) in [5.41, 5.74) is 2.88. The minimum atomic E-state index is -0.199. The lowest BCUT2D eigenvalue weighted by molar-refractivity contribution is 0.603. The number of anilines is 2. The predicted molar refractivity (Wildman–Crippen MR) is 94.0 cm³/mol. The summed E-state index contributed by atoms with van der Waals surface area (Å²) < 4.78 is 15.9. The van der Waals surface area contributed by atoms with E-state index < -0.39 is 0 Å². The van der Waals surface area contributed by atoms with Gasteiger partial charge in [0.15, 0.2) is 0 Å². The van der Waals surface area contributed by atoms with Crippen LogP contribution in [-0.2, 0) is 6.54 Å². The highest BCUT2D eigenvalue weighted by molar-refractivity contribution is 7.98. The zero-order valence-corrected chi connectivity index (χ0v) is 13.9. The summed E-state index contributed by atoms with van der Waals surface area (Å²) in [5.74, 6) is 0.797. The quantitative estimate of drug-likeness (QED) is 0.680. The third kappa shape index (κ3) is 3.74. The van der Waals surface area contributed by atoms with Gasteiger partial charge in [-0.05, 0) is 49.1 Å². The number of aromatic nitrogens is 2. The molecule has 1 heterocycles. The highest BCUT2D eigenvalue weighted by Crippen LogP contribution is 2.24. The monoisotopic (exact) mass is 327 g/mol. The van der Waals surface area contributed by atoms with Crippen LogP contribution in [0.3, 0.4) is 0 Å². The Bertz CT molecular complexity index is 796. The van der Waals surface area contributed by atoms with E-state index in [2.05, 4.69) is 27.0 Å². The Labute approximate surface area is 139 Å². The lowest BCUT2D eigenvalue weighted by Gasteiger charge is -2.10. The van der Waals surface area contributed by atoms with E-state index in [1.54, 1.807) is 12.3 Å². The van der Waals surface area contributed by atoms with E-state index in [1.165, 1.54) is 23.4 Å². The van der Waals surface area contributed by atoms with Crippen LogP contribution in [0.2, 0.25) is 0 Å². The van der Waals surface area contributed by atoms with Crippen LogP contribution < -0.4 is 5.32 Å². The smallest absolute Gasteiger partial charge is 0.138 e. The lowest BCUT2D eigenvalue weighted by Crippen LogP contribution is -2.00. The van der Waals surface area contributed by atoms with Gasteiger partial charge in [0, 0.05) is 35.2 Å². The van der Waals surface area contributed by atoms with Gasteiger partial charge in [0.1, 0.15) is 11.6 Å². The van der Waals surface area contributed by atoms with E-state index in [4.69, 9.17) is 0 Å². The van der Waals surface area contributed by atoms with E-state index in [1.807, 2.05) is 37.6 Å². The van der Waals surface area contributed by atoms with Crippen LogP contribution in [0.4, 0.5) is 15.8 Å². The Morgan fingerprint density at radius 3 is 2.48 bits per heavy atom. The molecule has 0 spiro atoms. The highest BCUT2D eigenvalue weighted by atomic mass is 32.2. The molecule has 23 heavy (non-hydrogen) atoms. The summed E-state index contributed by atoms with van der Waals surface area (Å²) in [7, 11) is 0. The molecule has 0 radical (unpaired) electrons. The molecule has 0 unspecified atom stereocenters. The molecule has 0 amide bonds. The topological polar surface area (TPSA) is 29.9 Å². The average Bonchev–Trinajstić information content (AvgIpc) is 2.95. The molecule has 0 aliphatic rings. The first-order valence-electron chi connectivity index (χ1n) is 7.33. The predicted octanol–water partition coefficient (Wildman–Crippen LogP) is 4.84. The second-order valence-electron chi connectivity index (χ2n) is 5.27. The maximum Gasteiger partial charge on any atom is 0.138 e. The number of hydrogen-bond donors (Lipinski definition) is 1. The van der Waals surface area contributed by atoms with Gasteiger partial charge in [0.05, 0.1) is 0 Å². The Balaban J connectivity index is 1.70. The fourth-order valence-corrected chi connectivity index (χ4v) is 2.83. The van der Waals surface area contributed by atoms with Gasteiger partial charge in [0.2, 0.25) is 0 Å². The number of nitrogens with one attached hydrogen (secondary N) is 1. The molecule has 0 bridgehead atoms. The molecule has 0 aliphatic heterocycles. The number of thioether (sulfide) groups is 1. The zero-order chi connectivity index (χ0) is 16.2. The van der Waals surface area contributed by atoms with Gasteiger partial charge in [0.25, 0.3) is 0 Å². The van der Waals surface area contributed by atoms with Crippen molar-refractivity contribution >= 4 is 23.1 Å². The standard InChI is InChI=1S/C18H18FN3S/c1-13-20-9-10-22(13)12-14-3-5-15(6-4-14)21-16-7-8-18(23-2)17(19)11-16/h3-11,21H,12H2,1-2H3. The molecule has 0 atom stereocenters. The fraction of sp³-hybridized carbons (Fsp3) is 0.167. The highest BCUT2D eigenvalue weighted by Gasteiger charge is 2.03. The number of aryl methyl sites for hydroxylation is 1. The zero-order valence-electron chi connectivity index (χ0n) is 13.1. The van der Waals surface area contributed by atoms with Crippen molar-refractivity contribution in [2.75, 3.05) is 11.6 Å². The summed E-state index contributed by atoms with van der Waals surface area (Å²) in [4.78, 5) is 4.88. The molecule has 118 valence electrons. The third-order valence-corrected chi connectivity index (χ3v) is 4.44. The minimum Gasteiger partial charge on any atom is -0.355 e. The molecular formula is C18H18FN3S. The first-order valence-corrected chi connectivity index (χ1v) is 8.55. The Morgan fingerprint density at radius 1 is 1.13 bits per heavy atom. The van der Waals surface area contributed by atoms with Gasteiger partial charge < -0.3 is 9.88 Å². The van der Waals surface area contributed by atoms with Gasteiger partial charge in [-0.1, -0.05) is 12.1 Å². The molecule has 5 heteroatoms. The van der Waals surface area contributed by atoms with Crippen molar-refractivity contribution in [3.8, 4) is 0 Å². The van der Waals surface area contributed by atoms with Crippen LogP contribution in [-0.4, -0.2) is 15.8 Å². The molecule has 2 aromatic carbocycles. The van der Waals surface area contributed by atoms with Gasteiger partial charge in [-0.2, -0.15) is 0 Å². The van der Waals surface area contributed by atoms with Crippen molar-refractivity contribution in [3.05, 3.63) is 72.1 Å². The third-order valence-electron chi connectivity index (χ3n) is 3.67. The maximum atomic E-state index is 13.8. The van der Waals surface area contributed by atoms with E-state index in [9.17, 15) is 4.39 Å². The summed E-state index contributed by atoms with van der Waals surface area (Å²) >= 11 is 1.40. The summed E-state index contributed by atoms with van der Waals surface area (Å²) in [6, 6.07) is 13.3. The molecule has 0 saturated carbocycles. The Hall–Kier alpha value is -2.27. The fourth-order valence-electron chi connectivity index (χ4n) is 2.37. The summed E-state index contributed by atoms with van der Waals surface area (Å²) in [5, 5.41) is 3.23. The number of nitrogens with zero attached hydrogens (tertiary/aromatic N) is 2. The molecule has 3 rings (SSSR count). The number of halogens is 1. The van der Waals surface area contributed by atoms with Crippen molar-refractivity contribution in [1.82, 2.24) is 9.55 Å². The minimum absolute atomic E-state index is 0.199. The average molecular weight is 327 g/mol. The van der Waals surface area contributed by atoms with Crippen LogP contribution >= 0.6 is 11.8 Å². The van der Waals surface area contributed by atoms with E-state index in [-0.39, 0.29) is 5.82 Å². The molecule has 1 N–H and O–H groups in total. The first-order chi connectivity index (χ1) is 11.2. The number of benzene rings is 2. The van der Waals surface area contributed by atoms with Gasteiger partial charge in [-0.3, -0.25) is 0 Å². The second kappa shape index (κ2) is 6.87. The van der Waals surface area contributed by atoms with Crippen molar-refractivity contribution in [2.45, 2.75) is 18.4 Å². The van der Waals surface area contributed by atoms with E-state index in [0.717, 1.165) is 23.7 Å². The van der Waals surface area contributed by atoms with Crippen molar-refractivity contribution < 1.29 is 4.39 Å². The molecule has 0 saturated heterocycles. The molecule has 0 fully saturated rings. The second-order valence-corrected chi connectivity index (χ2v) is 6.12. The van der Waals surface area contributed by atoms with Crippen LogP contribution in [0, 0.1) is 12.7 Å². The summed E-state index contributed by atoms with van der Waals surface area (Å²) in [6.45, 7) is 2.78. The Kier molecular flexibility index (Phi) is 4.67. The van der Waals surface area contributed by atoms with Crippen LogP contribution in [0.15, 0.2) is 59.8 Å². The molecular weight excluding hydrogens is 309 g/mol. The Morgan fingerprint density at radius 2 is 1.87 bits per heavy atom. The summed E-state index contributed by atoms with van der Waals surface area (Å²) in [6.07, 6.45) is 5.64. The first kappa shape index (κ1) is 15.6. The van der Waals surface area contributed by atoms with E-state index in [0.29, 0.717) is 4.90 Å². The van der Waals surface area contributed by atoms with Crippen molar-refractivity contribution in [2.24, 2.45) is 0 Å². The van der Waals surface area contributed by atoms with Gasteiger partial charge in [-0.25, -0.2) is 9.37 Å². The normalized spacial score (nSPS) is 10.7. The van der Waals surface area contributed by atoms with Gasteiger partial charge >= 0.3 is 0 Å². The SMILES string of the molecule is CSc1ccc(Nc2ccc(Cn3ccnc3C)cc2)cc1F. The lowest BCUT2D eigenvalue weighted by atomic mass is 10.2. The molecule has 0 aliphatic carbocycles. The van der Waals surface area contributed by atoms with Crippen LogP contribution in [0.5, 0.6) is 0 Å². The van der Waals surface area contributed by atoms with Crippen molar-refractivity contribution in [3.63, 3.8) is 0 Å². The number of hydrogen-bond acceptors (Lipinski definition) is 3. The van der Waals surface area contributed by atoms with Crippen LogP contribution in [0.25, 0.3) is 0 Å². The number of rotatable bonds is 5. The van der Waals surface area contributed by atoms with E-state index >= 15 is 0 Å². The molecule has 3 aromatic rings. The maximum absolute atomic E-state index is 13.8. The van der Waals surface area contributed by atoms with Crippen LogP contribution in [0.1, 0.15) is 11.4 Å². The largest absolute Gasteiger partial charge is 0.355 e. The molecule has 3 nitrogen and oxygen atoms in total.